The van der Waals surface area contributed by atoms with Crippen LogP contribution in [0, 0.1) is 0 Å². The fraction of sp³-hybridized carbons (Fsp3) is 0.828. The summed E-state index contributed by atoms with van der Waals surface area (Å²) in [7, 11) is 0. The van der Waals surface area contributed by atoms with Gasteiger partial charge in [-0.3, -0.25) is 4.79 Å². The molecule has 0 aromatic rings. The van der Waals surface area contributed by atoms with Gasteiger partial charge in [-0.1, -0.05) is 267 Å². The molecule has 1 amide bonds. The molecule has 1 heterocycles. The molecule has 1 fully saturated rings. The van der Waals surface area contributed by atoms with E-state index in [2.05, 4.69) is 67.8 Å². The maximum atomic E-state index is 13.1. The van der Waals surface area contributed by atoms with E-state index in [9.17, 15) is 30.3 Å². The maximum absolute atomic E-state index is 13.1. The summed E-state index contributed by atoms with van der Waals surface area (Å²) in [4.78, 5) is 13.1. The van der Waals surface area contributed by atoms with Gasteiger partial charge in [0.05, 0.1) is 25.4 Å². The van der Waals surface area contributed by atoms with Crippen LogP contribution in [0.4, 0.5) is 0 Å². The minimum absolute atomic E-state index is 0.198. The van der Waals surface area contributed by atoms with Gasteiger partial charge < -0.3 is 40.3 Å². The predicted molar refractivity (Wildman–Crippen MR) is 309 cm³/mol. The molecule has 1 saturated heterocycles. The van der Waals surface area contributed by atoms with Crippen LogP contribution in [0.3, 0.4) is 0 Å². The Hall–Kier alpha value is -2.11. The van der Waals surface area contributed by atoms with Crippen LogP contribution in [-0.2, 0) is 14.3 Å². The van der Waals surface area contributed by atoms with Crippen LogP contribution in [0.5, 0.6) is 0 Å². The molecule has 1 aliphatic heterocycles. The fourth-order valence-corrected chi connectivity index (χ4v) is 9.65. The topological polar surface area (TPSA) is 149 Å². The Morgan fingerprint density at radius 1 is 0.466 bits per heavy atom. The highest BCUT2D eigenvalue weighted by molar-refractivity contribution is 5.76. The first-order valence-electron chi connectivity index (χ1n) is 31.0. The number of ether oxygens (including phenoxy) is 2. The predicted octanol–water partition coefficient (Wildman–Crippen LogP) is 15.9. The van der Waals surface area contributed by atoms with Gasteiger partial charge in [0, 0.05) is 6.42 Å². The van der Waals surface area contributed by atoms with E-state index in [0.29, 0.717) is 6.42 Å². The van der Waals surface area contributed by atoms with Crippen molar-refractivity contribution in [2.24, 2.45) is 0 Å². The first kappa shape index (κ1) is 68.9. The third kappa shape index (κ3) is 42.7. The van der Waals surface area contributed by atoms with Crippen molar-refractivity contribution in [3.8, 4) is 0 Å². The highest BCUT2D eigenvalue weighted by Gasteiger charge is 2.44. The van der Waals surface area contributed by atoms with Crippen molar-refractivity contribution in [3.05, 3.63) is 60.8 Å². The smallest absolute Gasteiger partial charge is 0.220 e. The summed E-state index contributed by atoms with van der Waals surface area (Å²) < 4.78 is 11.3. The SMILES string of the molecule is CCCCC/C=C\C/C=C\C/C=C\CCCCCCCCC(=O)NC(COC1OC(CO)C(O)C(O)C1O)C(O)/C=C/CC/C=C/CCCCCCCCCCCCCCCCCCCCCCCCCCC. The standard InChI is InChI=1S/C64H117NO8/c1-3-5-7-9-11-13-15-17-19-21-23-24-25-26-27-28-29-30-31-32-33-34-36-37-39-41-43-45-47-49-51-53-58(67)57(56-72-64-63(71)62(70)61(69)59(55-66)73-64)65-60(68)54-52-50-48-46-44-42-40-38-35-22-20-18-16-14-12-10-8-6-4-2/h12,14,18,20,35,38,43,45,51,53,57-59,61-64,66-67,69-71H,3-11,13,15-17,19,21-34,36-37,39-42,44,46-50,52,54-56H2,1-2H3,(H,65,68)/b14-12-,20-18-,38-35-,45-43+,53-51+. The Labute approximate surface area is 449 Å². The van der Waals surface area contributed by atoms with E-state index in [4.69, 9.17) is 9.47 Å². The number of nitrogens with one attached hydrogen (secondary N) is 1. The van der Waals surface area contributed by atoms with Crippen LogP contribution >= 0.6 is 0 Å². The van der Waals surface area contributed by atoms with E-state index >= 15 is 0 Å². The number of hydrogen-bond donors (Lipinski definition) is 6. The summed E-state index contributed by atoms with van der Waals surface area (Å²) in [5, 5.41) is 54.5. The number of hydrogen-bond acceptors (Lipinski definition) is 8. The molecule has 0 bridgehead atoms. The zero-order valence-electron chi connectivity index (χ0n) is 47.4. The van der Waals surface area contributed by atoms with Crippen molar-refractivity contribution in [1.82, 2.24) is 5.32 Å². The lowest BCUT2D eigenvalue weighted by Crippen LogP contribution is -2.60. The molecular formula is C64H117NO8. The second-order valence-corrected chi connectivity index (χ2v) is 21.5. The molecule has 0 spiro atoms. The third-order valence-electron chi connectivity index (χ3n) is 14.6. The molecule has 9 heteroatoms. The number of aliphatic hydroxyl groups excluding tert-OH is 5. The molecule has 7 atom stereocenters. The van der Waals surface area contributed by atoms with Gasteiger partial charge in [-0.05, 0) is 70.6 Å². The molecule has 0 aromatic carbocycles. The molecule has 1 aliphatic rings. The summed E-state index contributed by atoms with van der Waals surface area (Å²) >= 11 is 0. The van der Waals surface area contributed by atoms with Crippen LogP contribution in [0.2, 0.25) is 0 Å². The average Bonchev–Trinajstić information content (AvgIpc) is 3.39. The number of aliphatic hydroxyl groups is 5. The van der Waals surface area contributed by atoms with Crippen molar-refractivity contribution in [1.29, 1.82) is 0 Å². The van der Waals surface area contributed by atoms with E-state index in [1.165, 1.54) is 199 Å². The van der Waals surface area contributed by atoms with Crippen LogP contribution in [0.1, 0.15) is 284 Å². The average molecular weight is 1030 g/mol. The van der Waals surface area contributed by atoms with Gasteiger partial charge in [0.1, 0.15) is 24.4 Å². The normalized spacial score (nSPS) is 19.5. The molecule has 1 rings (SSSR count). The quantitative estimate of drug-likeness (QED) is 0.0261. The summed E-state index contributed by atoms with van der Waals surface area (Å²) in [6, 6.07) is -0.832. The minimum Gasteiger partial charge on any atom is -0.394 e. The zero-order chi connectivity index (χ0) is 52.9. The van der Waals surface area contributed by atoms with Gasteiger partial charge in [-0.25, -0.2) is 0 Å². The Kier molecular flexibility index (Phi) is 50.3. The van der Waals surface area contributed by atoms with Crippen LogP contribution in [0.25, 0.3) is 0 Å². The molecule has 6 N–H and O–H groups in total. The first-order chi connectivity index (χ1) is 35.8. The Morgan fingerprint density at radius 2 is 0.822 bits per heavy atom. The lowest BCUT2D eigenvalue weighted by molar-refractivity contribution is -0.302. The van der Waals surface area contributed by atoms with Gasteiger partial charge >= 0.3 is 0 Å². The lowest BCUT2D eigenvalue weighted by Gasteiger charge is -2.40. The monoisotopic (exact) mass is 1030 g/mol. The zero-order valence-corrected chi connectivity index (χ0v) is 47.4. The molecular weight excluding hydrogens is 911 g/mol. The van der Waals surface area contributed by atoms with E-state index in [0.717, 1.165) is 64.2 Å². The number of carbonyl (C=O) groups is 1. The van der Waals surface area contributed by atoms with Gasteiger partial charge in [-0.2, -0.15) is 0 Å². The van der Waals surface area contributed by atoms with Crippen molar-refractivity contribution in [2.75, 3.05) is 13.2 Å². The van der Waals surface area contributed by atoms with Crippen LogP contribution in [-0.4, -0.2) is 87.5 Å². The molecule has 9 nitrogen and oxygen atoms in total. The molecule has 426 valence electrons. The molecule has 0 radical (unpaired) electrons. The number of rotatable bonds is 53. The van der Waals surface area contributed by atoms with Crippen LogP contribution < -0.4 is 5.32 Å². The van der Waals surface area contributed by atoms with Crippen molar-refractivity contribution in [2.45, 2.75) is 326 Å². The Balaban J connectivity index is 2.20. The van der Waals surface area contributed by atoms with Crippen LogP contribution in [0.15, 0.2) is 60.8 Å². The Morgan fingerprint density at radius 3 is 1.27 bits per heavy atom. The number of allylic oxidation sites excluding steroid dienone is 9. The summed E-state index contributed by atoms with van der Waals surface area (Å²) in [5.74, 6) is -0.198. The molecule has 73 heavy (non-hydrogen) atoms. The first-order valence-corrected chi connectivity index (χ1v) is 31.0. The highest BCUT2D eigenvalue weighted by atomic mass is 16.7. The highest BCUT2D eigenvalue weighted by Crippen LogP contribution is 2.23. The maximum Gasteiger partial charge on any atom is 0.220 e. The van der Waals surface area contributed by atoms with Gasteiger partial charge in [0.15, 0.2) is 6.29 Å². The van der Waals surface area contributed by atoms with Gasteiger partial charge in [0.2, 0.25) is 5.91 Å². The molecule has 7 unspecified atom stereocenters. The van der Waals surface area contributed by atoms with E-state index in [-0.39, 0.29) is 12.5 Å². The largest absolute Gasteiger partial charge is 0.394 e. The van der Waals surface area contributed by atoms with Crippen molar-refractivity contribution in [3.63, 3.8) is 0 Å². The van der Waals surface area contributed by atoms with Gasteiger partial charge in [-0.15, -0.1) is 0 Å². The van der Waals surface area contributed by atoms with Crippen molar-refractivity contribution >= 4 is 5.91 Å². The summed E-state index contributed by atoms with van der Waals surface area (Å²) in [6.07, 6.45) is 65.9. The Bertz CT molecular complexity index is 1330. The lowest BCUT2D eigenvalue weighted by atomic mass is 9.99. The van der Waals surface area contributed by atoms with E-state index in [1.54, 1.807) is 6.08 Å². The number of carbonyl (C=O) groups excluding carboxylic acids is 1. The van der Waals surface area contributed by atoms with E-state index < -0.39 is 49.5 Å². The second kappa shape index (κ2) is 53.3. The minimum atomic E-state index is -1.58. The second-order valence-electron chi connectivity index (χ2n) is 21.5. The third-order valence-corrected chi connectivity index (χ3v) is 14.6. The number of amides is 1. The molecule has 0 saturated carbocycles. The molecule has 0 aliphatic carbocycles. The van der Waals surface area contributed by atoms with Gasteiger partial charge in [0.25, 0.3) is 0 Å². The fourth-order valence-electron chi connectivity index (χ4n) is 9.65. The van der Waals surface area contributed by atoms with E-state index in [1.807, 2.05) is 6.08 Å². The summed E-state index contributed by atoms with van der Waals surface area (Å²) in [6.45, 7) is 3.75. The summed E-state index contributed by atoms with van der Waals surface area (Å²) in [5.41, 5.74) is 0. The molecule has 0 aromatic heterocycles. The number of unbranched alkanes of at least 4 members (excludes halogenated alkanes) is 35. The van der Waals surface area contributed by atoms with Crippen molar-refractivity contribution < 1.29 is 39.8 Å².